The molecular weight excluding hydrogens is 459 g/mol. The zero-order valence-electron chi connectivity index (χ0n) is 14.8. The first-order valence-electron chi connectivity index (χ1n) is 8.79. The highest BCUT2D eigenvalue weighted by Crippen LogP contribution is 2.42. The molecule has 0 saturated heterocycles. The molecule has 144 valence electrons. The van der Waals surface area contributed by atoms with Crippen molar-refractivity contribution < 1.29 is 9.18 Å². The van der Waals surface area contributed by atoms with Gasteiger partial charge in [0.1, 0.15) is 5.82 Å². The Morgan fingerprint density at radius 1 is 1.17 bits per heavy atom. The first kappa shape index (κ1) is 18.1. The molecule has 5 nitrogen and oxygen atoms in total. The second kappa shape index (κ2) is 6.86. The molecule has 3 N–H and O–H groups in total. The number of anilines is 2. The van der Waals surface area contributed by atoms with Gasteiger partial charge in [-0.15, -0.1) is 0 Å². The van der Waals surface area contributed by atoms with Crippen LogP contribution in [-0.2, 0) is 0 Å². The summed E-state index contributed by atoms with van der Waals surface area (Å²) in [6.07, 6.45) is 3.55. The quantitative estimate of drug-likeness (QED) is 0.359. The summed E-state index contributed by atoms with van der Waals surface area (Å²) in [6.45, 7) is 0. The fraction of sp³-hybridized carbons (Fsp3) is 0.0476. The van der Waals surface area contributed by atoms with E-state index in [-0.39, 0.29) is 5.91 Å². The molecule has 1 aliphatic rings. The number of carbonyl (C=O) groups is 1. The number of carbonyl (C=O) groups excluding carboxylic acids is 1. The largest absolute Gasteiger partial charge is 0.358 e. The molecule has 1 aliphatic heterocycles. The van der Waals surface area contributed by atoms with E-state index in [1.54, 1.807) is 12.3 Å². The van der Waals surface area contributed by atoms with Gasteiger partial charge in [0.25, 0.3) is 5.91 Å². The van der Waals surface area contributed by atoms with Crippen LogP contribution in [0.2, 0.25) is 5.02 Å². The van der Waals surface area contributed by atoms with Gasteiger partial charge in [0.15, 0.2) is 5.82 Å². The molecule has 0 saturated carbocycles. The number of hydrogen-bond donors (Lipinski definition) is 3. The van der Waals surface area contributed by atoms with Crippen LogP contribution < -0.4 is 10.6 Å². The molecule has 1 atom stereocenters. The van der Waals surface area contributed by atoms with Crippen molar-refractivity contribution in [2.75, 3.05) is 5.32 Å². The van der Waals surface area contributed by atoms with Crippen LogP contribution in [0.3, 0.4) is 0 Å². The number of nitrogens with one attached hydrogen (secondary N) is 3. The number of amides is 1. The van der Waals surface area contributed by atoms with Gasteiger partial charge in [-0.2, -0.15) is 0 Å². The molecule has 3 heterocycles. The molecule has 5 rings (SSSR count). The summed E-state index contributed by atoms with van der Waals surface area (Å²) in [5.74, 6) is -0.0477. The third-order valence-electron chi connectivity index (χ3n) is 4.95. The van der Waals surface area contributed by atoms with E-state index in [1.165, 1.54) is 18.2 Å². The Kier molecular flexibility index (Phi) is 4.29. The molecule has 2 aromatic heterocycles. The number of benzene rings is 2. The zero-order chi connectivity index (χ0) is 20.1. The molecule has 4 aromatic rings. The van der Waals surface area contributed by atoms with Gasteiger partial charge in [0.05, 0.1) is 11.6 Å². The molecule has 0 spiro atoms. The molecule has 0 radical (unpaired) electrons. The number of fused-ring (bicyclic) bond motifs is 2. The van der Waals surface area contributed by atoms with Crippen LogP contribution in [0.4, 0.5) is 15.9 Å². The average Bonchev–Trinajstić information content (AvgIpc) is 3.29. The van der Waals surface area contributed by atoms with E-state index < -0.39 is 11.9 Å². The highest BCUT2D eigenvalue weighted by atomic mass is 79.9. The lowest BCUT2D eigenvalue weighted by Crippen LogP contribution is -2.20. The standard InChI is InChI=1S/C21H13BrClFN4O/c22-11-7-14-17(19(28-21(14)29)13-9-12(24)1-2-15(13)23)16(8-11)27-20-18-10(3-5-25-18)4-6-26-20/h1-9,19,25H,(H,26,27)(H,28,29). The number of pyridine rings is 1. The Labute approximate surface area is 178 Å². The van der Waals surface area contributed by atoms with Crippen LogP contribution in [0.5, 0.6) is 0 Å². The highest BCUT2D eigenvalue weighted by Gasteiger charge is 2.34. The van der Waals surface area contributed by atoms with Gasteiger partial charge in [-0.1, -0.05) is 27.5 Å². The van der Waals surface area contributed by atoms with E-state index in [0.29, 0.717) is 33.2 Å². The summed E-state index contributed by atoms with van der Waals surface area (Å²) in [7, 11) is 0. The van der Waals surface area contributed by atoms with Crippen LogP contribution in [0.15, 0.2) is 59.3 Å². The van der Waals surface area contributed by atoms with Crippen molar-refractivity contribution in [3.63, 3.8) is 0 Å². The van der Waals surface area contributed by atoms with Crippen molar-refractivity contribution >= 4 is 55.8 Å². The summed E-state index contributed by atoms with van der Waals surface area (Å²) in [6, 6.07) is 11.0. The fourth-order valence-electron chi connectivity index (χ4n) is 3.67. The highest BCUT2D eigenvalue weighted by molar-refractivity contribution is 9.10. The third kappa shape index (κ3) is 3.07. The summed E-state index contributed by atoms with van der Waals surface area (Å²) >= 11 is 9.80. The van der Waals surface area contributed by atoms with Gasteiger partial charge in [-0.05, 0) is 42.5 Å². The molecule has 1 amide bonds. The van der Waals surface area contributed by atoms with Gasteiger partial charge >= 0.3 is 0 Å². The van der Waals surface area contributed by atoms with E-state index in [9.17, 15) is 9.18 Å². The van der Waals surface area contributed by atoms with E-state index in [1.807, 2.05) is 24.4 Å². The third-order valence-corrected chi connectivity index (χ3v) is 5.75. The Hall–Kier alpha value is -2.90. The Morgan fingerprint density at radius 3 is 2.90 bits per heavy atom. The molecule has 1 unspecified atom stereocenters. The Morgan fingerprint density at radius 2 is 2.03 bits per heavy atom. The number of halogens is 3. The Balaban J connectivity index is 1.68. The molecule has 0 fully saturated rings. The summed E-state index contributed by atoms with van der Waals surface area (Å²) in [5.41, 5.74) is 3.20. The van der Waals surface area contributed by atoms with Crippen LogP contribution in [0, 0.1) is 5.82 Å². The predicted molar refractivity (Wildman–Crippen MR) is 114 cm³/mol. The molecular formula is C21H13BrClFN4O. The van der Waals surface area contributed by atoms with Gasteiger partial charge < -0.3 is 15.6 Å². The van der Waals surface area contributed by atoms with E-state index in [4.69, 9.17) is 11.6 Å². The molecule has 8 heteroatoms. The van der Waals surface area contributed by atoms with E-state index in [0.717, 1.165) is 15.4 Å². The lowest BCUT2D eigenvalue weighted by molar-refractivity contribution is 0.0960. The van der Waals surface area contributed by atoms with Crippen molar-refractivity contribution in [3.05, 3.63) is 86.9 Å². The molecule has 29 heavy (non-hydrogen) atoms. The molecule has 0 aliphatic carbocycles. The molecule has 0 bridgehead atoms. The van der Waals surface area contributed by atoms with Crippen LogP contribution >= 0.6 is 27.5 Å². The van der Waals surface area contributed by atoms with Crippen LogP contribution in [0.1, 0.15) is 27.5 Å². The van der Waals surface area contributed by atoms with Crippen LogP contribution in [0.25, 0.3) is 10.9 Å². The zero-order valence-corrected chi connectivity index (χ0v) is 17.1. The minimum Gasteiger partial charge on any atom is -0.358 e. The van der Waals surface area contributed by atoms with Crippen molar-refractivity contribution in [3.8, 4) is 0 Å². The van der Waals surface area contributed by atoms with Gasteiger partial charge in [0, 0.05) is 49.7 Å². The first-order chi connectivity index (χ1) is 14.0. The second-order valence-electron chi connectivity index (χ2n) is 6.71. The maximum atomic E-state index is 13.9. The smallest absolute Gasteiger partial charge is 0.252 e. The fourth-order valence-corrected chi connectivity index (χ4v) is 4.36. The average molecular weight is 472 g/mol. The predicted octanol–water partition coefficient (Wildman–Crippen LogP) is 5.69. The second-order valence-corrected chi connectivity index (χ2v) is 8.04. The number of aromatic nitrogens is 2. The minimum absolute atomic E-state index is 0.249. The number of nitrogens with zero attached hydrogens (tertiary/aromatic N) is 1. The summed E-state index contributed by atoms with van der Waals surface area (Å²) < 4.78 is 14.7. The van der Waals surface area contributed by atoms with Gasteiger partial charge in [0.2, 0.25) is 0 Å². The number of H-pyrrole nitrogens is 1. The maximum absolute atomic E-state index is 13.9. The summed E-state index contributed by atoms with van der Waals surface area (Å²) in [4.78, 5) is 20.3. The molecule has 2 aromatic carbocycles. The van der Waals surface area contributed by atoms with Crippen molar-refractivity contribution in [2.24, 2.45) is 0 Å². The number of hydrogen-bond acceptors (Lipinski definition) is 3. The Bertz CT molecular complexity index is 1290. The normalized spacial score (nSPS) is 15.4. The minimum atomic E-state index is -0.584. The summed E-state index contributed by atoms with van der Waals surface area (Å²) in [5, 5.41) is 7.62. The number of aromatic amines is 1. The van der Waals surface area contributed by atoms with Gasteiger partial charge in [-0.3, -0.25) is 4.79 Å². The van der Waals surface area contributed by atoms with Gasteiger partial charge in [-0.25, -0.2) is 9.37 Å². The van der Waals surface area contributed by atoms with Crippen molar-refractivity contribution in [1.82, 2.24) is 15.3 Å². The SMILES string of the molecule is O=C1NC(c2cc(F)ccc2Cl)c2c(Nc3nccc4cc[nH]c34)cc(Br)cc21. The van der Waals surface area contributed by atoms with Crippen molar-refractivity contribution in [2.45, 2.75) is 6.04 Å². The first-order valence-corrected chi connectivity index (χ1v) is 9.97. The van der Waals surface area contributed by atoms with Crippen LogP contribution in [-0.4, -0.2) is 15.9 Å². The lowest BCUT2D eigenvalue weighted by atomic mass is 9.96. The van der Waals surface area contributed by atoms with E-state index in [2.05, 4.69) is 36.5 Å². The van der Waals surface area contributed by atoms with E-state index >= 15 is 0 Å². The maximum Gasteiger partial charge on any atom is 0.252 e. The topological polar surface area (TPSA) is 69.8 Å². The number of rotatable bonds is 3. The van der Waals surface area contributed by atoms with Crippen molar-refractivity contribution in [1.29, 1.82) is 0 Å². The lowest BCUT2D eigenvalue weighted by Gasteiger charge is -2.18. The monoisotopic (exact) mass is 470 g/mol.